The van der Waals surface area contributed by atoms with Crippen LogP contribution >= 0.6 is 0 Å². The maximum Gasteiger partial charge on any atom is 0.271 e. The number of hydrogen-bond donors (Lipinski definition) is 2. The molecule has 166 valence electrons. The van der Waals surface area contributed by atoms with E-state index in [0.717, 1.165) is 5.56 Å². The summed E-state index contributed by atoms with van der Waals surface area (Å²) < 4.78 is 7.13. The third-order valence-electron chi connectivity index (χ3n) is 5.16. The van der Waals surface area contributed by atoms with Gasteiger partial charge in [0.25, 0.3) is 11.6 Å². The van der Waals surface area contributed by atoms with Crippen molar-refractivity contribution in [2.24, 2.45) is 5.73 Å². The van der Waals surface area contributed by atoms with Crippen LogP contribution in [-0.2, 0) is 6.42 Å². The van der Waals surface area contributed by atoms with Gasteiger partial charge >= 0.3 is 0 Å². The van der Waals surface area contributed by atoms with Crippen molar-refractivity contribution < 1.29 is 14.5 Å². The maximum atomic E-state index is 12.3. The zero-order chi connectivity index (χ0) is 23.5. The van der Waals surface area contributed by atoms with Gasteiger partial charge in [-0.2, -0.15) is 5.10 Å². The number of ether oxygens (including phenoxy) is 1. The summed E-state index contributed by atoms with van der Waals surface area (Å²) >= 11 is 0. The van der Waals surface area contributed by atoms with Gasteiger partial charge in [-0.05, 0) is 48.4 Å². The van der Waals surface area contributed by atoms with Crippen LogP contribution in [-0.4, -0.2) is 20.6 Å². The largest absolute Gasteiger partial charge is 0.457 e. The molecule has 0 saturated heterocycles. The molecule has 9 heteroatoms. The summed E-state index contributed by atoms with van der Waals surface area (Å²) in [5, 5.41) is 15.8. The maximum absolute atomic E-state index is 12.3. The first kappa shape index (κ1) is 21.6. The van der Waals surface area contributed by atoms with Crippen LogP contribution < -0.4 is 16.2 Å². The molecule has 4 aromatic rings. The number of non-ortho nitro benzene ring substituents is 1. The Labute approximate surface area is 189 Å². The van der Waals surface area contributed by atoms with Gasteiger partial charge in [0.05, 0.1) is 10.6 Å². The van der Waals surface area contributed by atoms with Crippen LogP contribution in [0.25, 0.3) is 16.9 Å². The Balaban J connectivity index is 1.78. The van der Waals surface area contributed by atoms with Crippen LogP contribution in [0.4, 0.5) is 11.5 Å². The van der Waals surface area contributed by atoms with Gasteiger partial charge in [-0.3, -0.25) is 14.9 Å². The zero-order valence-electron chi connectivity index (χ0n) is 17.8. The minimum Gasteiger partial charge on any atom is -0.457 e. The van der Waals surface area contributed by atoms with E-state index >= 15 is 0 Å². The lowest BCUT2D eigenvalue weighted by atomic mass is 10.1. The number of para-hydroxylation sites is 1. The Bertz CT molecular complexity index is 1330. The molecule has 0 fully saturated rings. The van der Waals surface area contributed by atoms with Crippen LogP contribution in [0.2, 0.25) is 0 Å². The van der Waals surface area contributed by atoms with E-state index < -0.39 is 10.8 Å². The van der Waals surface area contributed by atoms with Gasteiger partial charge in [-0.25, -0.2) is 4.68 Å². The van der Waals surface area contributed by atoms with E-state index in [1.807, 2.05) is 37.3 Å². The third kappa shape index (κ3) is 4.24. The zero-order valence-corrected chi connectivity index (χ0v) is 17.8. The Hall–Kier alpha value is -4.66. The lowest BCUT2D eigenvalue weighted by Crippen LogP contribution is -2.14. The lowest BCUT2D eigenvalue weighted by molar-refractivity contribution is -0.384. The molecule has 4 N–H and O–H groups in total. The fraction of sp³-hybridized carbons (Fsp3) is 0.0833. The summed E-state index contributed by atoms with van der Waals surface area (Å²) in [6.07, 6.45) is 0.583. The number of primary amides is 1. The Morgan fingerprint density at radius 2 is 1.73 bits per heavy atom. The minimum absolute atomic E-state index is 0.0114. The molecule has 0 bridgehead atoms. The van der Waals surface area contributed by atoms with Gasteiger partial charge in [0.15, 0.2) is 0 Å². The van der Waals surface area contributed by atoms with E-state index in [0.29, 0.717) is 29.2 Å². The minimum atomic E-state index is -0.748. The van der Waals surface area contributed by atoms with Crippen molar-refractivity contribution in [3.8, 4) is 28.4 Å². The first-order chi connectivity index (χ1) is 15.9. The molecule has 3 aromatic carbocycles. The number of aromatic nitrogens is 2. The predicted molar refractivity (Wildman–Crippen MR) is 124 cm³/mol. The number of hydrogen-bond acceptors (Lipinski definition) is 6. The topological polar surface area (TPSA) is 139 Å². The average Bonchev–Trinajstić information content (AvgIpc) is 3.17. The quantitative estimate of drug-likeness (QED) is 0.319. The highest BCUT2D eigenvalue weighted by atomic mass is 16.6. The van der Waals surface area contributed by atoms with E-state index in [1.54, 1.807) is 30.3 Å². The number of nitro groups is 1. The second-order valence-corrected chi connectivity index (χ2v) is 7.25. The molecule has 0 saturated carbocycles. The number of aryl methyl sites for hydroxylation is 1. The third-order valence-corrected chi connectivity index (χ3v) is 5.16. The monoisotopic (exact) mass is 443 g/mol. The Morgan fingerprint density at radius 3 is 2.33 bits per heavy atom. The highest BCUT2D eigenvalue weighted by Gasteiger charge is 2.24. The van der Waals surface area contributed by atoms with Gasteiger partial charge < -0.3 is 16.2 Å². The number of nitro benzene ring substituents is 1. The predicted octanol–water partition coefficient (Wildman–Crippen LogP) is 4.48. The molecular formula is C24H21N5O4. The lowest BCUT2D eigenvalue weighted by Gasteiger charge is -2.09. The molecule has 0 spiro atoms. The summed E-state index contributed by atoms with van der Waals surface area (Å²) in [5.74, 6) is 0.554. The molecule has 33 heavy (non-hydrogen) atoms. The van der Waals surface area contributed by atoms with Crippen molar-refractivity contribution in [1.29, 1.82) is 0 Å². The van der Waals surface area contributed by atoms with Gasteiger partial charge in [0.1, 0.15) is 28.6 Å². The van der Waals surface area contributed by atoms with E-state index in [-0.39, 0.29) is 22.8 Å². The number of nitrogens with two attached hydrogens (primary N) is 2. The number of benzene rings is 3. The first-order valence-corrected chi connectivity index (χ1v) is 10.2. The van der Waals surface area contributed by atoms with Gasteiger partial charge in [0, 0.05) is 17.7 Å². The van der Waals surface area contributed by atoms with Crippen LogP contribution in [0.1, 0.15) is 22.8 Å². The molecule has 9 nitrogen and oxygen atoms in total. The summed E-state index contributed by atoms with van der Waals surface area (Å²) in [7, 11) is 0. The van der Waals surface area contributed by atoms with E-state index in [2.05, 4.69) is 5.10 Å². The average molecular weight is 443 g/mol. The van der Waals surface area contributed by atoms with Crippen molar-refractivity contribution in [3.63, 3.8) is 0 Å². The smallest absolute Gasteiger partial charge is 0.271 e. The number of carbonyl (C=O) groups excluding carboxylic acids is 1. The van der Waals surface area contributed by atoms with Gasteiger partial charge in [-0.15, -0.1) is 0 Å². The van der Waals surface area contributed by atoms with E-state index in [9.17, 15) is 14.9 Å². The number of rotatable bonds is 7. The molecule has 0 radical (unpaired) electrons. The molecule has 4 rings (SSSR count). The molecule has 1 amide bonds. The number of amides is 1. The highest BCUT2D eigenvalue weighted by Crippen LogP contribution is 2.33. The summed E-state index contributed by atoms with van der Waals surface area (Å²) in [5.41, 5.74) is 13.9. The fourth-order valence-corrected chi connectivity index (χ4v) is 3.53. The van der Waals surface area contributed by atoms with E-state index in [4.69, 9.17) is 16.2 Å². The summed E-state index contributed by atoms with van der Waals surface area (Å²) in [6.45, 7) is 1.91. The summed E-state index contributed by atoms with van der Waals surface area (Å²) in [4.78, 5) is 23.1. The molecule has 0 aliphatic heterocycles. The molecule has 1 aromatic heterocycles. The number of carbonyl (C=O) groups is 1. The first-order valence-electron chi connectivity index (χ1n) is 10.2. The van der Waals surface area contributed by atoms with Crippen LogP contribution in [0.3, 0.4) is 0 Å². The molecule has 1 heterocycles. The Kier molecular flexibility index (Phi) is 5.77. The van der Waals surface area contributed by atoms with Crippen LogP contribution in [0, 0.1) is 10.1 Å². The number of nitrogen functional groups attached to an aromatic ring is 1. The van der Waals surface area contributed by atoms with E-state index in [1.165, 1.54) is 16.8 Å². The molecular weight excluding hydrogens is 422 g/mol. The number of anilines is 1. The molecule has 0 atom stereocenters. The van der Waals surface area contributed by atoms with Crippen molar-refractivity contribution in [2.45, 2.75) is 13.3 Å². The van der Waals surface area contributed by atoms with Gasteiger partial charge in [0.2, 0.25) is 0 Å². The van der Waals surface area contributed by atoms with Crippen LogP contribution in [0.5, 0.6) is 11.5 Å². The van der Waals surface area contributed by atoms with Crippen LogP contribution in [0.15, 0.2) is 72.8 Å². The Morgan fingerprint density at radius 1 is 1.06 bits per heavy atom. The fourth-order valence-electron chi connectivity index (χ4n) is 3.53. The molecule has 0 aliphatic rings. The standard InChI is InChI=1S/C24H21N5O4/c1-2-15-8-11-17(29(31)32)14-20(15)28-23(25)21(24(26)30)22(27-28)16-9-12-19(13-10-16)33-18-6-4-3-5-7-18/h3-14H,2,25H2,1H3,(H2,26,30). The van der Waals surface area contributed by atoms with Gasteiger partial charge in [-0.1, -0.05) is 31.2 Å². The SMILES string of the molecule is CCc1ccc([N+](=O)[O-])cc1-n1nc(-c2ccc(Oc3ccccc3)cc2)c(C(N)=O)c1N. The van der Waals surface area contributed by atoms with Crippen molar-refractivity contribution in [3.05, 3.63) is 94.0 Å². The summed E-state index contributed by atoms with van der Waals surface area (Å²) in [6, 6.07) is 20.7. The van der Waals surface area contributed by atoms with Crippen molar-refractivity contribution in [2.75, 3.05) is 5.73 Å². The van der Waals surface area contributed by atoms with Crippen molar-refractivity contribution >= 4 is 17.4 Å². The normalized spacial score (nSPS) is 10.7. The molecule has 0 unspecified atom stereocenters. The second-order valence-electron chi connectivity index (χ2n) is 7.25. The highest BCUT2D eigenvalue weighted by molar-refractivity contribution is 6.03. The molecule has 0 aliphatic carbocycles. The second kappa shape index (κ2) is 8.83. The van der Waals surface area contributed by atoms with Crippen molar-refractivity contribution in [1.82, 2.24) is 9.78 Å². The number of nitrogens with zero attached hydrogens (tertiary/aromatic N) is 3.